The maximum atomic E-state index is 11.7. The average Bonchev–Trinajstić information content (AvgIpc) is 2.54. The van der Waals surface area contributed by atoms with Crippen molar-refractivity contribution in [1.82, 2.24) is 9.55 Å². The number of ether oxygens (including phenoxy) is 1. The number of alkyl halides is 1. The predicted molar refractivity (Wildman–Crippen MR) is 67.5 cm³/mol. The van der Waals surface area contributed by atoms with Crippen molar-refractivity contribution in [3.63, 3.8) is 0 Å². The fraction of sp³-hybridized carbons (Fsp3) is 0.556. The van der Waals surface area contributed by atoms with Gasteiger partial charge in [-0.25, -0.2) is 4.79 Å². The van der Waals surface area contributed by atoms with Crippen LogP contribution in [0, 0.1) is 0 Å². The van der Waals surface area contributed by atoms with Crippen LogP contribution < -0.4 is 11.4 Å². The molecule has 0 bridgehead atoms. The second kappa shape index (κ2) is 4.52. The van der Waals surface area contributed by atoms with Crippen molar-refractivity contribution in [2.75, 3.05) is 12.3 Å². The molecule has 2 heterocycles. The number of aliphatic hydroxyl groups excluding tert-OH is 2. The third kappa shape index (κ3) is 2.30. The Morgan fingerprint density at radius 1 is 1.76 bits per heavy atom. The highest BCUT2D eigenvalue weighted by Gasteiger charge is 2.46. The fourth-order valence-electron chi connectivity index (χ4n) is 1.73. The number of anilines is 1. The zero-order valence-electron chi connectivity index (χ0n) is 8.78. The van der Waals surface area contributed by atoms with Crippen molar-refractivity contribution in [3.8, 4) is 0 Å². The van der Waals surface area contributed by atoms with E-state index < -0.39 is 21.6 Å². The summed E-state index contributed by atoms with van der Waals surface area (Å²) >= 11 is 1.91. The quantitative estimate of drug-likeness (QED) is 0.465. The van der Waals surface area contributed by atoms with Gasteiger partial charge in [0.05, 0.1) is 12.7 Å². The molecule has 0 spiro atoms. The van der Waals surface area contributed by atoms with Gasteiger partial charge >= 0.3 is 5.69 Å². The van der Waals surface area contributed by atoms with E-state index in [9.17, 15) is 9.90 Å². The maximum Gasteiger partial charge on any atom is 0.352 e. The number of nitrogen functional groups attached to an aromatic ring is 1. The number of nitrogens with zero attached hydrogens (tertiary/aromatic N) is 2. The van der Waals surface area contributed by atoms with Gasteiger partial charge in [0.2, 0.25) is 3.73 Å². The molecule has 1 aliphatic heterocycles. The van der Waals surface area contributed by atoms with Crippen LogP contribution in [0.1, 0.15) is 6.42 Å². The van der Waals surface area contributed by atoms with E-state index in [1.54, 1.807) is 0 Å². The summed E-state index contributed by atoms with van der Waals surface area (Å²) in [5, 5.41) is 18.7. The lowest BCUT2D eigenvalue weighted by Crippen LogP contribution is -2.37. The molecule has 94 valence electrons. The second-order valence-corrected chi connectivity index (χ2v) is 5.49. The molecule has 0 unspecified atom stereocenters. The Morgan fingerprint density at radius 3 is 3.00 bits per heavy atom. The molecule has 8 heteroatoms. The normalized spacial score (nSPS) is 32.9. The highest BCUT2D eigenvalue weighted by molar-refractivity contribution is 14.1. The van der Waals surface area contributed by atoms with Crippen molar-refractivity contribution >= 4 is 28.4 Å². The molecular weight excluding hydrogens is 341 g/mol. The smallest absolute Gasteiger partial charge is 0.352 e. The number of hydrogen-bond donors (Lipinski definition) is 3. The Bertz CT molecular complexity index is 480. The number of hydrogen-bond acceptors (Lipinski definition) is 6. The second-order valence-electron chi connectivity index (χ2n) is 3.80. The van der Waals surface area contributed by atoms with E-state index in [1.807, 2.05) is 22.6 Å². The molecule has 17 heavy (non-hydrogen) atoms. The van der Waals surface area contributed by atoms with Gasteiger partial charge in [-0.3, -0.25) is 4.57 Å². The lowest BCUT2D eigenvalue weighted by molar-refractivity contribution is -0.0553. The summed E-state index contributed by atoms with van der Waals surface area (Å²) in [6, 6.07) is 1.48. The first-order valence-corrected chi connectivity index (χ1v) is 6.05. The summed E-state index contributed by atoms with van der Waals surface area (Å²) in [5.41, 5.74) is 4.84. The van der Waals surface area contributed by atoms with Crippen LogP contribution in [0.4, 0.5) is 5.82 Å². The Kier molecular flexibility index (Phi) is 3.39. The van der Waals surface area contributed by atoms with Gasteiger partial charge in [-0.1, -0.05) is 0 Å². The Morgan fingerprint density at radius 2 is 2.47 bits per heavy atom. The summed E-state index contributed by atoms with van der Waals surface area (Å²) in [5.74, 6) is 0.128. The van der Waals surface area contributed by atoms with Gasteiger partial charge in [-0.05, 0) is 28.7 Å². The molecule has 2 rings (SSSR count). The molecule has 4 N–H and O–H groups in total. The molecular formula is C9H12IN3O4. The summed E-state index contributed by atoms with van der Waals surface area (Å²) in [7, 11) is 0. The van der Waals surface area contributed by atoms with Gasteiger partial charge in [0, 0.05) is 12.6 Å². The number of rotatable bonds is 2. The molecule has 0 amide bonds. The minimum atomic E-state index is -1.04. The van der Waals surface area contributed by atoms with Gasteiger partial charge in [-0.2, -0.15) is 4.98 Å². The minimum absolute atomic E-state index is 0.128. The van der Waals surface area contributed by atoms with Crippen LogP contribution in [-0.4, -0.2) is 38.6 Å². The van der Waals surface area contributed by atoms with Crippen LogP contribution in [0.3, 0.4) is 0 Å². The first-order chi connectivity index (χ1) is 7.96. The SMILES string of the molecule is Nc1ccn([C@@]2(I)C[C@H](O)[C@@H](CO)O2)c(=O)n1. The molecule has 1 aromatic rings. The highest BCUT2D eigenvalue weighted by Crippen LogP contribution is 2.39. The molecule has 7 nitrogen and oxygen atoms in total. The van der Waals surface area contributed by atoms with Crippen LogP contribution in [0.5, 0.6) is 0 Å². The van der Waals surface area contributed by atoms with Gasteiger partial charge in [0.25, 0.3) is 0 Å². The number of halogens is 1. The Hall–Kier alpha value is -0.710. The zero-order chi connectivity index (χ0) is 12.6. The zero-order valence-corrected chi connectivity index (χ0v) is 10.9. The molecule has 1 aliphatic rings. The van der Waals surface area contributed by atoms with Crippen molar-refractivity contribution in [3.05, 3.63) is 22.7 Å². The third-order valence-corrected chi connectivity index (χ3v) is 3.80. The van der Waals surface area contributed by atoms with Crippen LogP contribution in [-0.2, 0) is 8.47 Å². The molecule has 0 aromatic carbocycles. The van der Waals surface area contributed by atoms with E-state index in [0.717, 1.165) is 0 Å². The van der Waals surface area contributed by atoms with Crippen LogP contribution in [0.15, 0.2) is 17.1 Å². The lowest BCUT2D eigenvalue weighted by atomic mass is 10.2. The minimum Gasteiger partial charge on any atom is -0.394 e. The van der Waals surface area contributed by atoms with Crippen LogP contribution in [0.25, 0.3) is 0 Å². The first kappa shape index (κ1) is 12.7. The highest BCUT2D eigenvalue weighted by atomic mass is 127. The van der Waals surface area contributed by atoms with Crippen molar-refractivity contribution in [1.29, 1.82) is 0 Å². The van der Waals surface area contributed by atoms with Gasteiger partial charge in [-0.15, -0.1) is 0 Å². The molecule has 3 atom stereocenters. The van der Waals surface area contributed by atoms with Crippen molar-refractivity contribution < 1.29 is 14.9 Å². The number of nitrogens with two attached hydrogens (primary N) is 1. The summed E-state index contributed by atoms with van der Waals surface area (Å²) in [6.07, 6.45) is 0.145. The monoisotopic (exact) mass is 353 g/mol. The summed E-state index contributed by atoms with van der Waals surface area (Å²) in [6.45, 7) is -0.303. The van der Waals surface area contributed by atoms with E-state index >= 15 is 0 Å². The van der Waals surface area contributed by atoms with E-state index in [-0.39, 0.29) is 18.8 Å². The van der Waals surface area contributed by atoms with Crippen LogP contribution >= 0.6 is 22.6 Å². The molecule has 0 aliphatic carbocycles. The van der Waals surface area contributed by atoms with E-state index in [0.29, 0.717) is 0 Å². The number of aliphatic hydroxyl groups is 2. The third-order valence-electron chi connectivity index (χ3n) is 2.59. The summed E-state index contributed by atoms with van der Waals surface area (Å²) in [4.78, 5) is 15.3. The average molecular weight is 353 g/mol. The summed E-state index contributed by atoms with van der Waals surface area (Å²) < 4.78 is 5.70. The van der Waals surface area contributed by atoms with E-state index in [4.69, 9.17) is 15.6 Å². The maximum absolute atomic E-state index is 11.7. The lowest BCUT2D eigenvalue weighted by Gasteiger charge is -2.24. The van der Waals surface area contributed by atoms with E-state index in [2.05, 4.69) is 4.98 Å². The standard InChI is InChI=1S/C9H12IN3O4/c10-9(3-5(15)6(4-14)17-9)13-2-1-7(11)12-8(13)16/h1-2,5-6,14-15H,3-4H2,(H2,11,12,16)/t5-,6+,9-/m0/s1. The van der Waals surface area contributed by atoms with Crippen molar-refractivity contribution in [2.24, 2.45) is 0 Å². The topological polar surface area (TPSA) is 111 Å². The van der Waals surface area contributed by atoms with Gasteiger partial charge in [0.15, 0.2) is 0 Å². The Balaban J connectivity index is 2.37. The van der Waals surface area contributed by atoms with Gasteiger partial charge < -0.3 is 20.7 Å². The van der Waals surface area contributed by atoms with E-state index in [1.165, 1.54) is 16.8 Å². The Labute approximate surface area is 110 Å². The van der Waals surface area contributed by atoms with Crippen LogP contribution in [0.2, 0.25) is 0 Å². The van der Waals surface area contributed by atoms with Crippen molar-refractivity contribution in [2.45, 2.75) is 22.4 Å². The fourth-order valence-corrected chi connectivity index (χ4v) is 2.88. The number of aromatic nitrogens is 2. The predicted octanol–water partition coefficient (Wildman–Crippen LogP) is -0.987. The molecule has 1 saturated heterocycles. The molecule has 1 fully saturated rings. The first-order valence-electron chi connectivity index (χ1n) is 4.97. The molecule has 1 aromatic heterocycles. The largest absolute Gasteiger partial charge is 0.394 e. The van der Waals surface area contributed by atoms with Gasteiger partial charge in [0.1, 0.15) is 11.9 Å². The molecule has 0 saturated carbocycles. The molecule has 0 radical (unpaired) electrons.